The van der Waals surface area contributed by atoms with Crippen LogP contribution in [0.5, 0.6) is 0 Å². The van der Waals surface area contributed by atoms with Gasteiger partial charge < -0.3 is 0 Å². The minimum Gasteiger partial charge on any atom is -0.247 e. The van der Waals surface area contributed by atoms with Crippen LogP contribution in [0, 0.1) is 23.7 Å². The highest BCUT2D eigenvalue weighted by Crippen LogP contribution is 2.43. The zero-order chi connectivity index (χ0) is 12.4. The molecule has 2 aliphatic rings. The van der Waals surface area contributed by atoms with Gasteiger partial charge in [-0.2, -0.15) is 0 Å². The molecule has 0 radical (unpaired) electrons. The summed E-state index contributed by atoms with van der Waals surface area (Å²) in [5, 5.41) is 0. The fraction of sp³-hybridized carbons (Fsp3) is 1.00. The fourth-order valence-corrected chi connectivity index (χ4v) is 3.78. The summed E-state index contributed by atoms with van der Waals surface area (Å²) < 4.78 is 27.5. The molecule has 2 aliphatic carbocycles. The Kier molecular flexibility index (Phi) is 4.43. The van der Waals surface area contributed by atoms with Gasteiger partial charge in [0.1, 0.15) is 12.3 Å². The first kappa shape index (κ1) is 13.3. The van der Waals surface area contributed by atoms with Crippen molar-refractivity contribution < 1.29 is 8.78 Å². The topological polar surface area (TPSA) is 0 Å². The lowest BCUT2D eigenvalue weighted by Gasteiger charge is -2.39. The third kappa shape index (κ3) is 3.00. The Bertz CT molecular complexity index is 221. The summed E-state index contributed by atoms with van der Waals surface area (Å²) in [5.41, 5.74) is 0. The summed E-state index contributed by atoms with van der Waals surface area (Å²) in [4.78, 5) is 0. The van der Waals surface area contributed by atoms with E-state index in [-0.39, 0.29) is 5.92 Å². The van der Waals surface area contributed by atoms with Gasteiger partial charge in [0, 0.05) is 5.92 Å². The van der Waals surface area contributed by atoms with Gasteiger partial charge in [-0.1, -0.05) is 33.1 Å². The molecule has 0 aromatic rings. The third-order valence-electron chi connectivity index (χ3n) is 5.33. The Labute approximate surface area is 104 Å². The van der Waals surface area contributed by atoms with Crippen molar-refractivity contribution in [3.05, 3.63) is 0 Å². The van der Waals surface area contributed by atoms with Gasteiger partial charge in [0.2, 0.25) is 0 Å². The molecule has 2 unspecified atom stereocenters. The third-order valence-corrected chi connectivity index (χ3v) is 5.33. The van der Waals surface area contributed by atoms with Crippen LogP contribution < -0.4 is 0 Å². The predicted octanol–water partition coefficient (Wildman–Crippen LogP) is 4.93. The zero-order valence-corrected chi connectivity index (χ0v) is 11.2. The molecule has 0 aromatic carbocycles. The minimum atomic E-state index is -0.910. The zero-order valence-electron chi connectivity index (χ0n) is 11.2. The summed E-state index contributed by atoms with van der Waals surface area (Å²) in [7, 11) is 0. The van der Waals surface area contributed by atoms with Crippen LogP contribution in [0.1, 0.15) is 58.8 Å². The van der Waals surface area contributed by atoms with Crippen LogP contribution >= 0.6 is 0 Å². The molecule has 0 heterocycles. The molecule has 0 aromatic heterocycles. The van der Waals surface area contributed by atoms with Crippen molar-refractivity contribution in [3.8, 4) is 0 Å². The van der Waals surface area contributed by atoms with Crippen molar-refractivity contribution in [2.24, 2.45) is 23.7 Å². The fourth-order valence-electron chi connectivity index (χ4n) is 3.78. The first-order chi connectivity index (χ1) is 8.11. The summed E-state index contributed by atoms with van der Waals surface area (Å²) in [6.45, 7) is 3.97. The monoisotopic (exact) mass is 244 g/mol. The van der Waals surface area contributed by atoms with E-state index in [2.05, 4.69) is 6.92 Å². The molecule has 0 aliphatic heterocycles. The molecule has 0 nitrogen and oxygen atoms in total. The molecule has 2 rings (SSSR count). The van der Waals surface area contributed by atoms with Gasteiger partial charge in [-0.3, -0.25) is 0 Å². The highest BCUT2D eigenvalue weighted by molar-refractivity contribution is 4.88. The van der Waals surface area contributed by atoms with Crippen molar-refractivity contribution >= 4 is 0 Å². The van der Waals surface area contributed by atoms with Crippen LogP contribution in [0.3, 0.4) is 0 Å². The maximum absolute atomic E-state index is 13.7. The maximum atomic E-state index is 13.7. The summed E-state index contributed by atoms with van der Waals surface area (Å²) in [6.07, 6.45) is 5.65. The van der Waals surface area contributed by atoms with Crippen molar-refractivity contribution in [1.82, 2.24) is 0 Å². The lowest BCUT2D eigenvalue weighted by Crippen LogP contribution is -2.37. The average molecular weight is 244 g/mol. The molecule has 100 valence electrons. The van der Waals surface area contributed by atoms with Gasteiger partial charge >= 0.3 is 0 Å². The van der Waals surface area contributed by atoms with E-state index in [1.165, 1.54) is 32.1 Å². The number of halogens is 2. The molecular weight excluding hydrogens is 218 g/mol. The number of hydrogen-bond acceptors (Lipinski definition) is 0. The van der Waals surface area contributed by atoms with E-state index >= 15 is 0 Å². The van der Waals surface area contributed by atoms with Crippen molar-refractivity contribution in [3.63, 3.8) is 0 Å². The minimum absolute atomic E-state index is 0.314. The van der Waals surface area contributed by atoms with E-state index in [1.54, 1.807) is 6.92 Å². The first-order valence-electron chi connectivity index (χ1n) is 7.40. The van der Waals surface area contributed by atoms with E-state index in [9.17, 15) is 8.78 Å². The standard InChI is InChI=1S/C15H26F2/c1-3-11-4-6-12(7-5-11)13-8-14(16)10(2)15(17)9-13/h10-15H,3-9H2,1-2H3. The van der Waals surface area contributed by atoms with Gasteiger partial charge in [0.25, 0.3) is 0 Å². The van der Waals surface area contributed by atoms with Crippen LogP contribution in [-0.4, -0.2) is 12.3 Å². The smallest absolute Gasteiger partial charge is 0.106 e. The highest BCUT2D eigenvalue weighted by atomic mass is 19.1. The Morgan fingerprint density at radius 2 is 1.41 bits per heavy atom. The molecule has 2 heteroatoms. The largest absolute Gasteiger partial charge is 0.247 e. The van der Waals surface area contributed by atoms with E-state index < -0.39 is 12.3 Å². The van der Waals surface area contributed by atoms with Crippen molar-refractivity contribution in [2.45, 2.75) is 71.1 Å². The van der Waals surface area contributed by atoms with Crippen molar-refractivity contribution in [1.29, 1.82) is 0 Å². The highest BCUT2D eigenvalue weighted by Gasteiger charge is 2.39. The molecule has 0 saturated heterocycles. The molecule has 17 heavy (non-hydrogen) atoms. The molecular formula is C15H26F2. The molecule has 2 fully saturated rings. The molecule has 0 spiro atoms. The Balaban J connectivity index is 1.87. The summed E-state index contributed by atoms with van der Waals surface area (Å²) in [6, 6.07) is 0. The van der Waals surface area contributed by atoms with Gasteiger partial charge in [0.05, 0.1) is 0 Å². The first-order valence-corrected chi connectivity index (χ1v) is 7.40. The van der Waals surface area contributed by atoms with Gasteiger partial charge in [-0.05, 0) is 43.4 Å². The predicted molar refractivity (Wildman–Crippen MR) is 67.4 cm³/mol. The van der Waals surface area contributed by atoms with E-state index in [4.69, 9.17) is 0 Å². The SMILES string of the molecule is CCC1CCC(C2CC(F)C(C)C(F)C2)CC1. The van der Waals surface area contributed by atoms with Crippen LogP contribution in [-0.2, 0) is 0 Å². The maximum Gasteiger partial charge on any atom is 0.106 e. The van der Waals surface area contributed by atoms with Crippen LogP contribution in [0.4, 0.5) is 8.78 Å². The normalized spacial score (nSPS) is 48.0. The van der Waals surface area contributed by atoms with Crippen LogP contribution in [0.25, 0.3) is 0 Å². The van der Waals surface area contributed by atoms with Crippen molar-refractivity contribution in [2.75, 3.05) is 0 Å². The Morgan fingerprint density at radius 3 is 1.88 bits per heavy atom. The molecule has 2 atom stereocenters. The van der Waals surface area contributed by atoms with E-state index in [0.29, 0.717) is 24.7 Å². The lowest BCUT2D eigenvalue weighted by molar-refractivity contribution is 0.0230. The quantitative estimate of drug-likeness (QED) is 0.646. The Hall–Kier alpha value is -0.140. The van der Waals surface area contributed by atoms with Crippen LogP contribution in [0.2, 0.25) is 0 Å². The van der Waals surface area contributed by atoms with E-state index in [0.717, 1.165) is 5.92 Å². The number of rotatable bonds is 2. The average Bonchev–Trinajstić information content (AvgIpc) is 2.35. The molecule has 0 bridgehead atoms. The van der Waals surface area contributed by atoms with Gasteiger partial charge in [-0.15, -0.1) is 0 Å². The van der Waals surface area contributed by atoms with Crippen LogP contribution in [0.15, 0.2) is 0 Å². The lowest BCUT2D eigenvalue weighted by atomic mass is 9.68. The number of hydrogen-bond donors (Lipinski definition) is 0. The van der Waals surface area contributed by atoms with Gasteiger partial charge in [0.15, 0.2) is 0 Å². The van der Waals surface area contributed by atoms with Gasteiger partial charge in [-0.25, -0.2) is 8.78 Å². The summed E-state index contributed by atoms with van der Waals surface area (Å²) >= 11 is 0. The molecule has 0 amide bonds. The second-order valence-corrected chi connectivity index (χ2v) is 6.31. The second-order valence-electron chi connectivity index (χ2n) is 6.31. The number of alkyl halides is 2. The second kappa shape index (κ2) is 5.67. The van der Waals surface area contributed by atoms with E-state index in [1.807, 2.05) is 0 Å². The summed E-state index contributed by atoms with van der Waals surface area (Å²) in [5.74, 6) is 1.41. The molecule has 2 saturated carbocycles. The molecule has 0 N–H and O–H groups in total. The Morgan fingerprint density at radius 1 is 0.882 bits per heavy atom.